The molecule has 0 amide bonds. The van der Waals surface area contributed by atoms with E-state index in [2.05, 4.69) is 11.5 Å². The molecule has 17 heavy (non-hydrogen) atoms. The van der Waals surface area contributed by atoms with E-state index in [0.717, 1.165) is 18.4 Å². The summed E-state index contributed by atoms with van der Waals surface area (Å²) in [6.07, 6.45) is 6.41. The molecule has 1 aromatic carbocycles. The van der Waals surface area contributed by atoms with Crippen molar-refractivity contribution in [3.8, 4) is 0 Å². The fraction of sp³-hybridized carbons (Fsp3) is 0.385. The maximum absolute atomic E-state index is 10.6. The zero-order chi connectivity index (χ0) is 11.8. The lowest BCUT2D eigenvalue weighted by Gasteiger charge is -2.30. The van der Waals surface area contributed by atoms with Crippen LogP contribution in [0.2, 0.25) is 0 Å². The van der Waals surface area contributed by atoms with Gasteiger partial charge in [-0.1, -0.05) is 24.3 Å². The van der Waals surface area contributed by atoms with Gasteiger partial charge in [-0.2, -0.15) is 0 Å². The Kier molecular flexibility index (Phi) is 2.35. The topological polar surface area (TPSA) is 55.2 Å². The molecule has 88 valence electrons. The molecule has 1 unspecified atom stereocenters. The number of hydrazine groups is 1. The average Bonchev–Trinajstić information content (AvgIpc) is 2.33. The number of benzene rings is 1. The monoisotopic (exact) mass is 230 g/mol. The Labute approximate surface area is 99.5 Å². The largest absolute Gasteiger partial charge is 0.235 e. The zero-order valence-corrected chi connectivity index (χ0v) is 9.48. The molecular formula is C13H14N2O2. The van der Waals surface area contributed by atoms with E-state index in [1.807, 2.05) is 18.2 Å². The molecular weight excluding hydrogens is 216 g/mol. The van der Waals surface area contributed by atoms with Gasteiger partial charge in [-0.25, -0.2) is 10.1 Å². The summed E-state index contributed by atoms with van der Waals surface area (Å²) in [5, 5.41) is 10.1. The summed E-state index contributed by atoms with van der Waals surface area (Å²) in [7, 11) is 0. The number of nitro groups is 1. The Morgan fingerprint density at radius 2 is 2.29 bits per heavy atom. The van der Waals surface area contributed by atoms with Crippen LogP contribution in [-0.4, -0.2) is 5.03 Å². The highest BCUT2D eigenvalue weighted by Crippen LogP contribution is 2.41. The molecule has 0 aliphatic heterocycles. The highest BCUT2D eigenvalue weighted by molar-refractivity contribution is 5.70. The van der Waals surface area contributed by atoms with Gasteiger partial charge in [-0.15, -0.1) is 5.43 Å². The summed E-state index contributed by atoms with van der Waals surface area (Å²) in [5.74, 6) is 0.562. The van der Waals surface area contributed by atoms with Crippen molar-refractivity contribution in [3.05, 3.63) is 51.1 Å². The fourth-order valence-corrected chi connectivity index (χ4v) is 3.04. The molecule has 2 aliphatic rings. The summed E-state index contributed by atoms with van der Waals surface area (Å²) in [6.45, 7) is 0. The zero-order valence-electron chi connectivity index (χ0n) is 9.48. The number of allylic oxidation sites excluding steroid dienone is 1. The quantitative estimate of drug-likeness (QED) is 0.627. The van der Waals surface area contributed by atoms with Crippen LogP contribution >= 0.6 is 0 Å². The number of aryl methyl sites for hydroxylation is 1. The van der Waals surface area contributed by atoms with Gasteiger partial charge >= 0.3 is 0 Å². The van der Waals surface area contributed by atoms with Crippen molar-refractivity contribution >= 4 is 5.70 Å². The Morgan fingerprint density at radius 3 is 3.12 bits per heavy atom. The summed E-state index contributed by atoms with van der Waals surface area (Å²) in [6, 6.07) is 6.13. The molecule has 0 bridgehead atoms. The Balaban J connectivity index is 2.08. The number of nitrogens with zero attached hydrogens (tertiary/aromatic N) is 1. The van der Waals surface area contributed by atoms with E-state index < -0.39 is 5.03 Å². The van der Waals surface area contributed by atoms with Crippen LogP contribution in [0.25, 0.3) is 5.70 Å². The molecule has 0 saturated heterocycles. The molecule has 4 nitrogen and oxygen atoms in total. The minimum absolute atomic E-state index is 0.478. The molecule has 0 heterocycles. The van der Waals surface area contributed by atoms with Crippen molar-refractivity contribution in [2.24, 2.45) is 0 Å². The number of hydrogen-bond donors (Lipinski definition) is 1. The van der Waals surface area contributed by atoms with E-state index >= 15 is 0 Å². The third-order valence-electron chi connectivity index (χ3n) is 3.71. The highest BCUT2D eigenvalue weighted by atomic mass is 16.7. The van der Waals surface area contributed by atoms with Crippen LogP contribution in [0.4, 0.5) is 0 Å². The molecule has 1 aromatic rings. The van der Waals surface area contributed by atoms with Gasteiger partial charge in [0.1, 0.15) is 5.70 Å². The van der Waals surface area contributed by atoms with Crippen molar-refractivity contribution in [1.82, 2.24) is 5.43 Å². The normalized spacial score (nSPS) is 21.4. The average molecular weight is 230 g/mol. The summed E-state index contributed by atoms with van der Waals surface area (Å²) < 4.78 is 0. The smallest absolute Gasteiger partial charge is 0.162 e. The molecule has 0 spiro atoms. The van der Waals surface area contributed by atoms with Crippen molar-refractivity contribution in [1.29, 1.82) is 0 Å². The van der Waals surface area contributed by atoms with E-state index in [4.69, 9.17) is 0 Å². The van der Waals surface area contributed by atoms with Gasteiger partial charge in [0.05, 0.1) is 0 Å². The molecule has 3 rings (SSSR count). The number of hydrogen-bond acceptors (Lipinski definition) is 2. The van der Waals surface area contributed by atoms with E-state index in [1.54, 1.807) is 0 Å². The minimum Gasteiger partial charge on any atom is -0.235 e. The molecule has 0 aromatic heterocycles. The van der Waals surface area contributed by atoms with Crippen LogP contribution in [0.15, 0.2) is 24.3 Å². The number of rotatable bonds is 2. The first-order valence-corrected chi connectivity index (χ1v) is 5.99. The first kappa shape index (κ1) is 10.3. The van der Waals surface area contributed by atoms with Crippen molar-refractivity contribution in [2.45, 2.75) is 31.6 Å². The molecule has 0 saturated carbocycles. The van der Waals surface area contributed by atoms with Crippen LogP contribution in [-0.2, 0) is 6.42 Å². The van der Waals surface area contributed by atoms with Crippen LogP contribution in [0.3, 0.4) is 0 Å². The molecule has 0 radical (unpaired) electrons. The SMILES string of the molecule is O=[N+]([O-])NC1=CCC2CCCc3cccc1c32. The fourth-order valence-electron chi connectivity index (χ4n) is 3.04. The second kappa shape index (κ2) is 3.87. The second-order valence-corrected chi connectivity index (χ2v) is 4.69. The van der Waals surface area contributed by atoms with Crippen LogP contribution in [0.1, 0.15) is 41.9 Å². The summed E-state index contributed by atoms with van der Waals surface area (Å²) in [4.78, 5) is 10.6. The predicted octanol–water partition coefficient (Wildman–Crippen LogP) is 2.63. The third-order valence-corrected chi connectivity index (χ3v) is 3.71. The van der Waals surface area contributed by atoms with Crippen LogP contribution < -0.4 is 5.43 Å². The minimum atomic E-state index is -0.478. The van der Waals surface area contributed by atoms with Crippen molar-refractivity contribution < 1.29 is 5.03 Å². The van der Waals surface area contributed by atoms with E-state index in [1.165, 1.54) is 24.0 Å². The van der Waals surface area contributed by atoms with E-state index in [9.17, 15) is 10.1 Å². The first-order valence-electron chi connectivity index (χ1n) is 5.99. The molecule has 1 atom stereocenters. The highest BCUT2D eigenvalue weighted by Gasteiger charge is 2.28. The predicted molar refractivity (Wildman–Crippen MR) is 64.8 cm³/mol. The van der Waals surface area contributed by atoms with E-state index in [0.29, 0.717) is 11.6 Å². The molecule has 2 aliphatic carbocycles. The second-order valence-electron chi connectivity index (χ2n) is 4.69. The standard InChI is InChI=1S/C13H14N2O2/c16-15(17)14-12-8-7-10-4-1-3-9-5-2-6-11(12)13(9)10/h2,5-6,8,10,14H,1,3-4,7H2. The Morgan fingerprint density at radius 1 is 1.41 bits per heavy atom. The van der Waals surface area contributed by atoms with Gasteiger partial charge in [-0.05, 0) is 42.7 Å². The molecule has 0 fully saturated rings. The summed E-state index contributed by atoms with van der Waals surface area (Å²) >= 11 is 0. The van der Waals surface area contributed by atoms with Gasteiger partial charge in [-0.3, -0.25) is 0 Å². The van der Waals surface area contributed by atoms with Gasteiger partial charge in [0, 0.05) is 5.56 Å². The van der Waals surface area contributed by atoms with E-state index in [-0.39, 0.29) is 0 Å². The van der Waals surface area contributed by atoms with Crippen LogP contribution in [0.5, 0.6) is 0 Å². The Hall–Kier alpha value is -1.84. The van der Waals surface area contributed by atoms with Crippen molar-refractivity contribution in [2.75, 3.05) is 0 Å². The third kappa shape index (κ3) is 1.69. The van der Waals surface area contributed by atoms with Gasteiger partial charge in [0.25, 0.3) is 0 Å². The summed E-state index contributed by atoms with van der Waals surface area (Å²) in [5.41, 5.74) is 6.71. The lowest BCUT2D eigenvalue weighted by Crippen LogP contribution is -2.24. The first-order chi connectivity index (χ1) is 8.25. The lowest BCUT2D eigenvalue weighted by molar-refractivity contribution is -0.528. The van der Waals surface area contributed by atoms with Gasteiger partial charge in [0.15, 0.2) is 5.03 Å². The Bertz CT molecular complexity index is 508. The van der Waals surface area contributed by atoms with Crippen LogP contribution in [0, 0.1) is 10.1 Å². The van der Waals surface area contributed by atoms with Gasteiger partial charge in [0.2, 0.25) is 0 Å². The number of nitrogens with one attached hydrogen (secondary N) is 1. The molecule has 4 heteroatoms. The maximum Gasteiger partial charge on any atom is 0.162 e. The lowest BCUT2D eigenvalue weighted by atomic mass is 9.75. The van der Waals surface area contributed by atoms with Gasteiger partial charge < -0.3 is 0 Å². The van der Waals surface area contributed by atoms with Crippen molar-refractivity contribution in [3.63, 3.8) is 0 Å². The maximum atomic E-state index is 10.6. The molecule has 1 N–H and O–H groups in total.